The molecular formula is C13H17NO3. The van der Waals surface area contributed by atoms with E-state index in [9.17, 15) is 9.59 Å². The number of rotatable bonds is 4. The van der Waals surface area contributed by atoms with Crippen LogP contribution in [0.2, 0.25) is 0 Å². The predicted molar refractivity (Wildman–Crippen MR) is 65.9 cm³/mol. The van der Waals surface area contributed by atoms with Gasteiger partial charge in [-0.3, -0.25) is 9.59 Å². The van der Waals surface area contributed by atoms with Crippen LogP contribution in [0.1, 0.15) is 19.4 Å². The van der Waals surface area contributed by atoms with Crippen molar-refractivity contribution in [3.63, 3.8) is 0 Å². The second-order valence-electron chi connectivity index (χ2n) is 3.70. The standard InChI is InChI=1S/C13H17NO3/c1-4-11-5-7-12(8-6-11)14(10(2)15)9-13(16)17-3/h5-8H,4,9H2,1-3H3. The topological polar surface area (TPSA) is 46.6 Å². The normalized spacial score (nSPS) is 9.82. The van der Waals surface area contributed by atoms with E-state index in [1.54, 1.807) is 0 Å². The van der Waals surface area contributed by atoms with Crippen LogP contribution >= 0.6 is 0 Å². The lowest BCUT2D eigenvalue weighted by atomic mass is 10.1. The maximum atomic E-state index is 11.5. The van der Waals surface area contributed by atoms with Crippen LogP contribution in [-0.4, -0.2) is 25.5 Å². The Hall–Kier alpha value is -1.84. The van der Waals surface area contributed by atoms with Gasteiger partial charge in [-0.2, -0.15) is 0 Å². The van der Waals surface area contributed by atoms with E-state index in [0.29, 0.717) is 5.69 Å². The second kappa shape index (κ2) is 6.03. The highest BCUT2D eigenvalue weighted by molar-refractivity contribution is 5.96. The average Bonchev–Trinajstić information content (AvgIpc) is 2.35. The van der Waals surface area contributed by atoms with Gasteiger partial charge in [0.25, 0.3) is 0 Å². The molecule has 1 aromatic rings. The molecular weight excluding hydrogens is 218 g/mol. The van der Waals surface area contributed by atoms with Crippen molar-refractivity contribution in [2.75, 3.05) is 18.6 Å². The fraction of sp³-hybridized carbons (Fsp3) is 0.385. The highest BCUT2D eigenvalue weighted by atomic mass is 16.5. The summed E-state index contributed by atoms with van der Waals surface area (Å²) in [7, 11) is 1.31. The molecule has 0 radical (unpaired) electrons. The number of esters is 1. The number of carbonyl (C=O) groups excluding carboxylic acids is 2. The van der Waals surface area contributed by atoms with Gasteiger partial charge in [-0.05, 0) is 24.1 Å². The van der Waals surface area contributed by atoms with Gasteiger partial charge >= 0.3 is 5.97 Å². The molecule has 0 aliphatic heterocycles. The molecule has 0 aliphatic carbocycles. The molecule has 1 rings (SSSR count). The summed E-state index contributed by atoms with van der Waals surface area (Å²) in [5.74, 6) is -0.612. The fourth-order valence-corrected chi connectivity index (χ4v) is 1.49. The fourth-order valence-electron chi connectivity index (χ4n) is 1.49. The van der Waals surface area contributed by atoms with Gasteiger partial charge in [-0.15, -0.1) is 0 Å². The van der Waals surface area contributed by atoms with E-state index in [2.05, 4.69) is 11.7 Å². The van der Waals surface area contributed by atoms with Crippen molar-refractivity contribution in [1.82, 2.24) is 0 Å². The van der Waals surface area contributed by atoms with Gasteiger partial charge in [0.15, 0.2) is 0 Å². The number of hydrogen-bond donors (Lipinski definition) is 0. The number of hydrogen-bond acceptors (Lipinski definition) is 3. The van der Waals surface area contributed by atoms with Crippen molar-refractivity contribution >= 4 is 17.6 Å². The van der Waals surface area contributed by atoms with E-state index >= 15 is 0 Å². The molecule has 0 saturated heterocycles. The van der Waals surface area contributed by atoms with Crippen molar-refractivity contribution in [1.29, 1.82) is 0 Å². The lowest BCUT2D eigenvalue weighted by Crippen LogP contribution is -2.34. The third-order valence-corrected chi connectivity index (χ3v) is 2.55. The minimum Gasteiger partial charge on any atom is -0.468 e. The van der Waals surface area contributed by atoms with Crippen LogP contribution < -0.4 is 4.90 Å². The van der Waals surface area contributed by atoms with Crippen LogP contribution in [0, 0.1) is 0 Å². The number of benzene rings is 1. The zero-order valence-corrected chi connectivity index (χ0v) is 10.4. The molecule has 92 valence electrons. The first-order valence-electron chi connectivity index (χ1n) is 5.52. The molecule has 4 heteroatoms. The van der Waals surface area contributed by atoms with Crippen LogP contribution in [0.5, 0.6) is 0 Å². The number of carbonyl (C=O) groups is 2. The Morgan fingerprint density at radius 2 is 1.82 bits per heavy atom. The van der Waals surface area contributed by atoms with Crippen LogP contribution in [0.3, 0.4) is 0 Å². The summed E-state index contributed by atoms with van der Waals surface area (Å²) < 4.78 is 4.56. The zero-order chi connectivity index (χ0) is 12.8. The molecule has 0 saturated carbocycles. The highest BCUT2D eigenvalue weighted by Crippen LogP contribution is 2.15. The van der Waals surface area contributed by atoms with Gasteiger partial charge < -0.3 is 9.64 Å². The van der Waals surface area contributed by atoms with Gasteiger partial charge in [-0.1, -0.05) is 19.1 Å². The molecule has 0 unspecified atom stereocenters. The Kier molecular flexibility index (Phi) is 4.69. The van der Waals surface area contributed by atoms with Crippen LogP contribution in [-0.2, 0) is 20.7 Å². The summed E-state index contributed by atoms with van der Waals surface area (Å²) in [6.45, 7) is 3.43. The van der Waals surface area contributed by atoms with E-state index in [0.717, 1.165) is 6.42 Å². The molecule has 1 amide bonds. The minimum absolute atomic E-state index is 0.0582. The largest absolute Gasteiger partial charge is 0.468 e. The molecule has 1 aromatic carbocycles. The number of methoxy groups -OCH3 is 1. The quantitative estimate of drug-likeness (QED) is 0.747. The Morgan fingerprint density at radius 3 is 2.24 bits per heavy atom. The number of aryl methyl sites for hydroxylation is 1. The minimum atomic E-state index is -0.431. The monoisotopic (exact) mass is 235 g/mol. The Balaban J connectivity index is 2.89. The summed E-state index contributed by atoms with van der Waals surface area (Å²) in [5, 5.41) is 0. The number of amides is 1. The Labute approximate surface area is 101 Å². The molecule has 0 aromatic heterocycles. The zero-order valence-electron chi connectivity index (χ0n) is 10.4. The maximum absolute atomic E-state index is 11.5. The van der Waals surface area contributed by atoms with Crippen molar-refractivity contribution in [3.05, 3.63) is 29.8 Å². The Bertz CT molecular complexity index is 398. The summed E-state index contributed by atoms with van der Waals surface area (Å²) in [5.41, 5.74) is 1.90. The molecule has 0 atom stereocenters. The third-order valence-electron chi connectivity index (χ3n) is 2.55. The lowest BCUT2D eigenvalue weighted by molar-refractivity contribution is -0.139. The van der Waals surface area contributed by atoms with E-state index < -0.39 is 5.97 Å². The third kappa shape index (κ3) is 3.59. The summed E-state index contributed by atoms with van der Waals surface area (Å²) in [4.78, 5) is 24.1. The van der Waals surface area contributed by atoms with Crippen LogP contribution in [0.4, 0.5) is 5.69 Å². The van der Waals surface area contributed by atoms with Gasteiger partial charge in [0.1, 0.15) is 6.54 Å². The number of ether oxygens (including phenoxy) is 1. The lowest BCUT2D eigenvalue weighted by Gasteiger charge is -2.19. The highest BCUT2D eigenvalue weighted by Gasteiger charge is 2.15. The first kappa shape index (κ1) is 13.2. The first-order chi connectivity index (χ1) is 8.08. The molecule has 0 N–H and O–H groups in total. The molecule has 0 spiro atoms. The molecule has 0 fully saturated rings. The average molecular weight is 235 g/mol. The van der Waals surface area contributed by atoms with E-state index in [4.69, 9.17) is 0 Å². The smallest absolute Gasteiger partial charge is 0.325 e. The Morgan fingerprint density at radius 1 is 1.24 bits per heavy atom. The maximum Gasteiger partial charge on any atom is 0.325 e. The summed E-state index contributed by atoms with van der Waals surface area (Å²) >= 11 is 0. The number of nitrogens with zero attached hydrogens (tertiary/aromatic N) is 1. The van der Waals surface area contributed by atoms with Gasteiger partial charge in [0, 0.05) is 12.6 Å². The molecule has 4 nitrogen and oxygen atoms in total. The molecule has 0 aliphatic rings. The molecule has 17 heavy (non-hydrogen) atoms. The molecule has 0 bridgehead atoms. The molecule has 0 heterocycles. The van der Waals surface area contributed by atoms with E-state index in [-0.39, 0.29) is 12.5 Å². The van der Waals surface area contributed by atoms with Gasteiger partial charge in [0.05, 0.1) is 7.11 Å². The predicted octanol–water partition coefficient (Wildman–Crippen LogP) is 1.77. The number of anilines is 1. The SMILES string of the molecule is CCc1ccc(N(CC(=O)OC)C(C)=O)cc1. The van der Waals surface area contributed by atoms with Crippen molar-refractivity contribution < 1.29 is 14.3 Å². The van der Waals surface area contributed by atoms with Crippen molar-refractivity contribution in [2.45, 2.75) is 20.3 Å². The van der Waals surface area contributed by atoms with Crippen molar-refractivity contribution in [2.24, 2.45) is 0 Å². The van der Waals surface area contributed by atoms with Gasteiger partial charge in [0.2, 0.25) is 5.91 Å². The first-order valence-corrected chi connectivity index (χ1v) is 5.52. The summed E-state index contributed by atoms with van der Waals surface area (Å²) in [6.07, 6.45) is 0.942. The van der Waals surface area contributed by atoms with Crippen LogP contribution in [0.15, 0.2) is 24.3 Å². The van der Waals surface area contributed by atoms with E-state index in [1.165, 1.54) is 24.5 Å². The van der Waals surface area contributed by atoms with Gasteiger partial charge in [-0.25, -0.2) is 0 Å². The van der Waals surface area contributed by atoms with E-state index in [1.807, 2.05) is 24.3 Å². The van der Waals surface area contributed by atoms with Crippen LogP contribution in [0.25, 0.3) is 0 Å². The summed E-state index contributed by atoms with van der Waals surface area (Å²) in [6, 6.07) is 7.57. The van der Waals surface area contributed by atoms with Crippen molar-refractivity contribution in [3.8, 4) is 0 Å². The second-order valence-corrected chi connectivity index (χ2v) is 3.70.